The van der Waals surface area contributed by atoms with Gasteiger partial charge in [-0.1, -0.05) is 31.2 Å². The Morgan fingerprint density at radius 1 is 1.30 bits per heavy atom. The SMILES string of the molecule is CCC(CNC(C)c1cccc(CO)c1)N1CCCC1. The highest BCUT2D eigenvalue weighted by molar-refractivity contribution is 5.25. The molecular formula is C17H28N2O. The maximum absolute atomic E-state index is 9.22. The Labute approximate surface area is 123 Å². The molecule has 0 radical (unpaired) electrons. The first-order chi connectivity index (χ1) is 9.74. The van der Waals surface area contributed by atoms with Crippen LogP contribution in [0.5, 0.6) is 0 Å². The summed E-state index contributed by atoms with van der Waals surface area (Å²) in [6, 6.07) is 9.20. The van der Waals surface area contributed by atoms with E-state index in [0.29, 0.717) is 12.1 Å². The summed E-state index contributed by atoms with van der Waals surface area (Å²) >= 11 is 0. The Bertz CT molecular complexity index is 402. The molecule has 2 unspecified atom stereocenters. The molecule has 20 heavy (non-hydrogen) atoms. The topological polar surface area (TPSA) is 35.5 Å². The van der Waals surface area contributed by atoms with Crippen LogP contribution in [0.15, 0.2) is 24.3 Å². The summed E-state index contributed by atoms with van der Waals surface area (Å²) in [5.74, 6) is 0. The van der Waals surface area contributed by atoms with Crippen molar-refractivity contribution < 1.29 is 5.11 Å². The van der Waals surface area contributed by atoms with E-state index in [-0.39, 0.29) is 6.61 Å². The molecular weight excluding hydrogens is 248 g/mol. The van der Waals surface area contributed by atoms with E-state index in [9.17, 15) is 5.11 Å². The van der Waals surface area contributed by atoms with Crippen LogP contribution in [0.4, 0.5) is 0 Å². The van der Waals surface area contributed by atoms with Crippen LogP contribution in [0.3, 0.4) is 0 Å². The number of aliphatic hydroxyl groups excluding tert-OH is 1. The summed E-state index contributed by atoms with van der Waals surface area (Å²) in [6.07, 6.45) is 3.91. The molecule has 0 amide bonds. The minimum absolute atomic E-state index is 0.117. The lowest BCUT2D eigenvalue weighted by molar-refractivity contribution is 0.225. The number of rotatable bonds is 7. The van der Waals surface area contributed by atoms with Crippen molar-refractivity contribution in [3.63, 3.8) is 0 Å². The van der Waals surface area contributed by atoms with E-state index in [4.69, 9.17) is 0 Å². The second-order valence-corrected chi connectivity index (χ2v) is 5.84. The van der Waals surface area contributed by atoms with Gasteiger partial charge in [0.2, 0.25) is 0 Å². The molecule has 2 N–H and O–H groups in total. The summed E-state index contributed by atoms with van der Waals surface area (Å²) in [7, 11) is 0. The van der Waals surface area contributed by atoms with Gasteiger partial charge in [-0.2, -0.15) is 0 Å². The van der Waals surface area contributed by atoms with Crippen LogP contribution in [-0.2, 0) is 6.61 Å². The third-order valence-electron chi connectivity index (χ3n) is 4.42. The summed E-state index contributed by atoms with van der Waals surface area (Å²) < 4.78 is 0. The van der Waals surface area contributed by atoms with Crippen LogP contribution in [0, 0.1) is 0 Å². The third-order valence-corrected chi connectivity index (χ3v) is 4.42. The number of hydrogen-bond acceptors (Lipinski definition) is 3. The molecule has 0 aliphatic carbocycles. The molecule has 1 aliphatic heterocycles. The fourth-order valence-electron chi connectivity index (χ4n) is 3.03. The van der Waals surface area contributed by atoms with Gasteiger partial charge >= 0.3 is 0 Å². The second kappa shape index (κ2) is 7.77. The molecule has 112 valence electrons. The van der Waals surface area contributed by atoms with Crippen LogP contribution >= 0.6 is 0 Å². The van der Waals surface area contributed by atoms with E-state index in [1.165, 1.54) is 37.9 Å². The monoisotopic (exact) mass is 276 g/mol. The van der Waals surface area contributed by atoms with Crippen molar-refractivity contribution in [1.82, 2.24) is 10.2 Å². The zero-order valence-electron chi connectivity index (χ0n) is 12.8. The normalized spacial score (nSPS) is 19.1. The summed E-state index contributed by atoms with van der Waals surface area (Å²) in [5, 5.41) is 12.9. The number of aliphatic hydroxyl groups is 1. The molecule has 0 saturated carbocycles. The number of nitrogens with zero attached hydrogens (tertiary/aromatic N) is 1. The standard InChI is InChI=1S/C17H28N2O/c1-3-17(19-9-4-5-10-19)12-18-14(2)16-8-6-7-15(11-16)13-20/h6-8,11,14,17-18,20H,3-5,9-10,12-13H2,1-2H3. The van der Waals surface area contributed by atoms with Gasteiger partial charge in [-0.25, -0.2) is 0 Å². The molecule has 1 aliphatic rings. The maximum Gasteiger partial charge on any atom is 0.0681 e. The Balaban J connectivity index is 1.88. The number of hydrogen-bond donors (Lipinski definition) is 2. The summed E-state index contributed by atoms with van der Waals surface area (Å²) in [4.78, 5) is 2.61. The van der Waals surface area contributed by atoms with Crippen LogP contribution in [0.2, 0.25) is 0 Å². The van der Waals surface area contributed by atoms with Gasteiger partial charge in [-0.15, -0.1) is 0 Å². The van der Waals surface area contributed by atoms with Crippen molar-refractivity contribution in [2.45, 2.75) is 51.8 Å². The Kier molecular flexibility index (Phi) is 6.02. The van der Waals surface area contributed by atoms with Crippen LogP contribution in [-0.4, -0.2) is 35.7 Å². The molecule has 0 spiro atoms. The minimum Gasteiger partial charge on any atom is -0.392 e. The van der Waals surface area contributed by atoms with E-state index in [1.54, 1.807) is 0 Å². The molecule has 2 rings (SSSR count). The smallest absolute Gasteiger partial charge is 0.0681 e. The predicted molar refractivity (Wildman–Crippen MR) is 83.7 cm³/mol. The highest BCUT2D eigenvalue weighted by Crippen LogP contribution is 2.17. The summed E-state index contributed by atoms with van der Waals surface area (Å²) in [5.41, 5.74) is 2.25. The first-order valence-corrected chi connectivity index (χ1v) is 7.91. The largest absolute Gasteiger partial charge is 0.392 e. The van der Waals surface area contributed by atoms with E-state index < -0.39 is 0 Å². The van der Waals surface area contributed by atoms with E-state index in [2.05, 4.69) is 36.2 Å². The number of nitrogens with one attached hydrogen (secondary N) is 1. The van der Waals surface area contributed by atoms with Crippen molar-refractivity contribution in [2.75, 3.05) is 19.6 Å². The Morgan fingerprint density at radius 3 is 2.70 bits per heavy atom. The molecule has 3 heteroatoms. The fourth-order valence-corrected chi connectivity index (χ4v) is 3.03. The van der Waals surface area contributed by atoms with Gasteiger partial charge in [0.1, 0.15) is 0 Å². The molecule has 3 nitrogen and oxygen atoms in total. The summed E-state index contributed by atoms with van der Waals surface area (Å²) in [6.45, 7) is 8.16. The lowest BCUT2D eigenvalue weighted by Gasteiger charge is -2.28. The van der Waals surface area contributed by atoms with Crippen LogP contribution in [0.1, 0.15) is 50.3 Å². The van der Waals surface area contributed by atoms with Crippen molar-refractivity contribution in [3.8, 4) is 0 Å². The van der Waals surface area contributed by atoms with Crippen molar-refractivity contribution in [1.29, 1.82) is 0 Å². The van der Waals surface area contributed by atoms with Gasteiger partial charge in [0.25, 0.3) is 0 Å². The number of benzene rings is 1. The second-order valence-electron chi connectivity index (χ2n) is 5.84. The molecule has 2 atom stereocenters. The Hall–Kier alpha value is -0.900. The van der Waals surface area contributed by atoms with Gasteiger partial charge in [0, 0.05) is 18.6 Å². The highest BCUT2D eigenvalue weighted by Gasteiger charge is 2.20. The molecule has 1 aromatic rings. The van der Waals surface area contributed by atoms with E-state index >= 15 is 0 Å². The van der Waals surface area contributed by atoms with E-state index in [1.807, 2.05) is 12.1 Å². The van der Waals surface area contributed by atoms with Gasteiger partial charge in [0.05, 0.1) is 6.61 Å². The Morgan fingerprint density at radius 2 is 2.05 bits per heavy atom. The van der Waals surface area contributed by atoms with Crippen LogP contribution in [0.25, 0.3) is 0 Å². The zero-order chi connectivity index (χ0) is 14.4. The first kappa shape index (κ1) is 15.5. The van der Waals surface area contributed by atoms with Crippen molar-refractivity contribution >= 4 is 0 Å². The molecule has 0 bridgehead atoms. The molecule has 1 saturated heterocycles. The third kappa shape index (κ3) is 4.05. The van der Waals surface area contributed by atoms with Crippen molar-refractivity contribution in [2.24, 2.45) is 0 Å². The van der Waals surface area contributed by atoms with Crippen LogP contribution < -0.4 is 5.32 Å². The molecule has 1 heterocycles. The van der Waals surface area contributed by atoms with Gasteiger partial charge in [-0.3, -0.25) is 4.90 Å². The minimum atomic E-state index is 0.117. The zero-order valence-corrected chi connectivity index (χ0v) is 12.8. The van der Waals surface area contributed by atoms with Gasteiger partial charge in [0.15, 0.2) is 0 Å². The number of likely N-dealkylation sites (tertiary alicyclic amines) is 1. The predicted octanol–water partition coefficient (Wildman–Crippen LogP) is 2.70. The fraction of sp³-hybridized carbons (Fsp3) is 0.647. The highest BCUT2D eigenvalue weighted by atomic mass is 16.3. The maximum atomic E-state index is 9.22. The quantitative estimate of drug-likeness (QED) is 0.804. The van der Waals surface area contributed by atoms with E-state index in [0.717, 1.165) is 12.1 Å². The lowest BCUT2D eigenvalue weighted by atomic mass is 10.0. The van der Waals surface area contributed by atoms with Gasteiger partial charge in [-0.05, 0) is 50.4 Å². The first-order valence-electron chi connectivity index (χ1n) is 7.91. The lowest BCUT2D eigenvalue weighted by Crippen LogP contribution is -2.41. The average Bonchev–Trinajstić information content (AvgIpc) is 3.02. The molecule has 0 aromatic heterocycles. The van der Waals surface area contributed by atoms with Gasteiger partial charge < -0.3 is 10.4 Å². The molecule has 1 fully saturated rings. The average molecular weight is 276 g/mol. The molecule has 1 aromatic carbocycles. The van der Waals surface area contributed by atoms with Crippen molar-refractivity contribution in [3.05, 3.63) is 35.4 Å².